The number of hydrogen-bond acceptors (Lipinski definition) is 6. The van der Waals surface area contributed by atoms with Gasteiger partial charge in [0, 0.05) is 54.9 Å². The van der Waals surface area contributed by atoms with E-state index in [0.29, 0.717) is 18.3 Å². The van der Waals surface area contributed by atoms with E-state index in [4.69, 9.17) is 4.74 Å². The van der Waals surface area contributed by atoms with Gasteiger partial charge in [-0.15, -0.1) is 0 Å². The fourth-order valence-corrected chi connectivity index (χ4v) is 4.66. The minimum atomic E-state index is 0.00727. The number of ether oxygens (including phenoxy) is 1. The van der Waals surface area contributed by atoms with Crippen LogP contribution in [0.1, 0.15) is 37.7 Å². The third-order valence-corrected chi connectivity index (χ3v) is 6.87. The Bertz CT molecular complexity index is 1140. The van der Waals surface area contributed by atoms with Crippen LogP contribution in [-0.4, -0.2) is 52.1 Å². The maximum Gasteiger partial charge on any atom is 0.252 e. The van der Waals surface area contributed by atoms with E-state index < -0.39 is 0 Å². The Morgan fingerprint density at radius 3 is 2.82 bits per heavy atom. The molecule has 0 radical (unpaired) electrons. The van der Waals surface area contributed by atoms with E-state index in [-0.39, 0.29) is 5.56 Å². The second kappa shape index (κ2) is 9.79. The maximum absolute atomic E-state index is 12.9. The Morgan fingerprint density at radius 1 is 1.12 bits per heavy atom. The van der Waals surface area contributed by atoms with Crippen molar-refractivity contribution in [2.45, 2.75) is 44.7 Å². The molecule has 0 spiro atoms. The Labute approximate surface area is 194 Å². The lowest BCUT2D eigenvalue weighted by molar-refractivity contribution is 0.280. The summed E-state index contributed by atoms with van der Waals surface area (Å²) in [5.74, 6) is 1.54. The number of pyridine rings is 2. The molecule has 1 saturated carbocycles. The van der Waals surface area contributed by atoms with Crippen LogP contribution in [0.4, 0.5) is 5.69 Å². The van der Waals surface area contributed by atoms with Crippen LogP contribution in [0, 0.1) is 5.92 Å². The van der Waals surface area contributed by atoms with E-state index in [2.05, 4.69) is 26.4 Å². The van der Waals surface area contributed by atoms with Gasteiger partial charge in [0.25, 0.3) is 5.56 Å². The van der Waals surface area contributed by atoms with Gasteiger partial charge in [-0.05, 0) is 44.2 Å². The lowest BCUT2D eigenvalue weighted by atomic mass is 9.85. The molecule has 0 bridgehead atoms. The second-order valence-electron chi connectivity index (χ2n) is 9.22. The molecule has 8 nitrogen and oxygen atoms in total. The number of aromatic nitrogens is 4. The van der Waals surface area contributed by atoms with Crippen LogP contribution < -0.4 is 20.5 Å². The molecule has 2 fully saturated rings. The minimum Gasteiger partial charge on any atom is -0.495 e. The summed E-state index contributed by atoms with van der Waals surface area (Å²) in [5, 5.41) is 8.18. The molecule has 1 aliphatic heterocycles. The Morgan fingerprint density at radius 2 is 2.03 bits per heavy atom. The molecular weight excluding hydrogens is 416 g/mol. The molecule has 0 amide bonds. The van der Waals surface area contributed by atoms with E-state index in [9.17, 15) is 4.79 Å². The fraction of sp³-hybridized carbons (Fsp3) is 0.480. The van der Waals surface area contributed by atoms with Gasteiger partial charge in [0.1, 0.15) is 5.75 Å². The summed E-state index contributed by atoms with van der Waals surface area (Å²) in [6, 6.07) is 6.22. The quantitative estimate of drug-likeness (QED) is 0.571. The predicted molar refractivity (Wildman–Crippen MR) is 128 cm³/mol. The van der Waals surface area contributed by atoms with Gasteiger partial charge in [0.15, 0.2) is 0 Å². The molecule has 0 aromatic carbocycles. The number of piperidine rings is 1. The zero-order valence-corrected chi connectivity index (χ0v) is 19.2. The summed E-state index contributed by atoms with van der Waals surface area (Å²) in [6.07, 6.45) is 15.5. The van der Waals surface area contributed by atoms with E-state index >= 15 is 0 Å². The van der Waals surface area contributed by atoms with Crippen molar-refractivity contribution in [3.05, 3.63) is 65.1 Å². The van der Waals surface area contributed by atoms with Crippen molar-refractivity contribution in [3.63, 3.8) is 0 Å². The summed E-state index contributed by atoms with van der Waals surface area (Å²) in [4.78, 5) is 19.4. The minimum absolute atomic E-state index is 0.00727. The molecule has 3 aromatic heterocycles. The second-order valence-corrected chi connectivity index (χ2v) is 9.22. The van der Waals surface area contributed by atoms with Crippen LogP contribution in [-0.2, 0) is 6.54 Å². The number of rotatable bonds is 8. The Balaban J connectivity index is 1.23. The van der Waals surface area contributed by atoms with Gasteiger partial charge in [0.2, 0.25) is 0 Å². The highest BCUT2D eigenvalue weighted by Gasteiger charge is 2.23. The van der Waals surface area contributed by atoms with Crippen molar-refractivity contribution in [3.8, 4) is 11.4 Å². The molecule has 33 heavy (non-hydrogen) atoms. The normalized spacial score (nSPS) is 18.8. The standard InChI is InChI=1S/C25H32N6O2/c1-33-24-10-23(14-26-15-24)31-17-20(13-28-31)16-30-9-7-22(11-25(30)32)29-8-3-6-21(18-29)27-12-19-4-2-5-19/h7,9-11,13-15,17,19,21,27H,2-6,8,12,16,18H2,1H3/t21-/m1/s1. The highest BCUT2D eigenvalue weighted by Crippen LogP contribution is 2.26. The zero-order valence-electron chi connectivity index (χ0n) is 19.2. The van der Waals surface area contributed by atoms with Crippen LogP contribution in [0.25, 0.3) is 5.69 Å². The molecule has 3 aromatic rings. The molecule has 8 heteroatoms. The van der Waals surface area contributed by atoms with Gasteiger partial charge >= 0.3 is 0 Å². The first-order valence-corrected chi connectivity index (χ1v) is 11.9. The summed E-state index contributed by atoms with van der Waals surface area (Å²) >= 11 is 0. The summed E-state index contributed by atoms with van der Waals surface area (Å²) in [5.41, 5.74) is 2.79. The van der Waals surface area contributed by atoms with E-state index in [1.807, 2.05) is 18.5 Å². The van der Waals surface area contributed by atoms with Gasteiger partial charge in [-0.25, -0.2) is 4.68 Å². The van der Waals surface area contributed by atoms with Gasteiger partial charge in [-0.1, -0.05) is 6.42 Å². The first-order chi connectivity index (χ1) is 16.2. The van der Waals surface area contributed by atoms with Crippen molar-refractivity contribution >= 4 is 5.69 Å². The van der Waals surface area contributed by atoms with Crippen LogP contribution in [0.3, 0.4) is 0 Å². The van der Waals surface area contributed by atoms with E-state index in [1.165, 1.54) is 25.7 Å². The SMILES string of the molecule is COc1cncc(-n2cc(Cn3ccc(N4CCC[C@@H](NCC5CCC5)C4)cc3=O)cn2)c1. The maximum atomic E-state index is 12.9. The first kappa shape index (κ1) is 21.7. The number of nitrogens with one attached hydrogen (secondary N) is 1. The number of anilines is 1. The molecule has 0 unspecified atom stereocenters. The Hall–Kier alpha value is -3.13. The van der Waals surface area contributed by atoms with Crippen molar-refractivity contribution in [1.82, 2.24) is 24.6 Å². The third kappa shape index (κ3) is 5.11. The van der Waals surface area contributed by atoms with Crippen LogP contribution in [0.5, 0.6) is 5.75 Å². The van der Waals surface area contributed by atoms with Gasteiger partial charge < -0.3 is 19.5 Å². The molecule has 5 rings (SSSR count). The average Bonchev–Trinajstić information content (AvgIpc) is 3.28. The fourth-order valence-electron chi connectivity index (χ4n) is 4.66. The summed E-state index contributed by atoms with van der Waals surface area (Å²) < 4.78 is 8.71. The van der Waals surface area contributed by atoms with Crippen LogP contribution in [0.2, 0.25) is 0 Å². The largest absolute Gasteiger partial charge is 0.495 e. The third-order valence-electron chi connectivity index (χ3n) is 6.87. The van der Waals surface area contributed by atoms with Crippen LogP contribution >= 0.6 is 0 Å². The highest BCUT2D eigenvalue weighted by atomic mass is 16.5. The smallest absolute Gasteiger partial charge is 0.252 e. The molecule has 2 aliphatic rings. The Kier molecular flexibility index (Phi) is 6.44. The van der Waals surface area contributed by atoms with Gasteiger partial charge in [-0.3, -0.25) is 9.78 Å². The first-order valence-electron chi connectivity index (χ1n) is 11.9. The van der Waals surface area contributed by atoms with Crippen molar-refractivity contribution in [2.24, 2.45) is 5.92 Å². The number of methoxy groups -OCH3 is 1. The molecule has 1 aliphatic carbocycles. The van der Waals surface area contributed by atoms with E-state index in [1.54, 1.807) is 41.0 Å². The number of nitrogens with zero attached hydrogens (tertiary/aromatic N) is 5. The van der Waals surface area contributed by atoms with Crippen molar-refractivity contribution in [1.29, 1.82) is 0 Å². The van der Waals surface area contributed by atoms with Gasteiger partial charge in [-0.2, -0.15) is 5.10 Å². The lowest BCUT2D eigenvalue weighted by Gasteiger charge is -2.36. The lowest BCUT2D eigenvalue weighted by Crippen LogP contribution is -2.47. The molecule has 1 N–H and O–H groups in total. The summed E-state index contributed by atoms with van der Waals surface area (Å²) in [7, 11) is 1.61. The topological polar surface area (TPSA) is 77.2 Å². The average molecular weight is 449 g/mol. The molecule has 4 heterocycles. The molecule has 174 valence electrons. The predicted octanol–water partition coefficient (Wildman–Crippen LogP) is 2.84. The molecule has 1 atom stereocenters. The van der Waals surface area contributed by atoms with Gasteiger partial charge in [0.05, 0.1) is 37.9 Å². The van der Waals surface area contributed by atoms with E-state index in [0.717, 1.165) is 48.9 Å². The highest BCUT2D eigenvalue weighted by molar-refractivity contribution is 5.45. The molecule has 1 saturated heterocycles. The summed E-state index contributed by atoms with van der Waals surface area (Å²) in [6.45, 7) is 3.59. The molecular formula is C25H32N6O2. The van der Waals surface area contributed by atoms with Crippen molar-refractivity contribution < 1.29 is 4.74 Å². The van der Waals surface area contributed by atoms with Crippen LogP contribution in [0.15, 0.2) is 54.0 Å². The number of hydrogen-bond donors (Lipinski definition) is 1. The monoisotopic (exact) mass is 448 g/mol. The van der Waals surface area contributed by atoms with Crippen molar-refractivity contribution in [2.75, 3.05) is 31.6 Å². The zero-order chi connectivity index (χ0) is 22.6.